The van der Waals surface area contributed by atoms with Crippen LogP contribution in [0.5, 0.6) is 0 Å². The number of fused-ring (bicyclic) bond motifs is 1. The highest BCUT2D eigenvalue weighted by molar-refractivity contribution is 6.38. The lowest BCUT2D eigenvalue weighted by Crippen LogP contribution is -2.44. The lowest BCUT2D eigenvalue weighted by molar-refractivity contribution is 0.313. The lowest BCUT2D eigenvalue weighted by atomic mass is 9.94. The molecule has 4 rings (SSSR count). The van der Waals surface area contributed by atoms with E-state index >= 15 is 0 Å². The van der Waals surface area contributed by atoms with Crippen LogP contribution in [0.1, 0.15) is 0 Å². The highest BCUT2D eigenvalue weighted by Gasteiger charge is 2.14. The summed E-state index contributed by atoms with van der Waals surface area (Å²) in [5, 5.41) is 4.20. The maximum atomic E-state index is 6.00. The molecule has 0 aliphatic carbocycles. The predicted octanol–water partition coefficient (Wildman–Crippen LogP) is 1.92. The third kappa shape index (κ3) is 3.44. The number of anilines is 3. The van der Waals surface area contributed by atoms with E-state index in [-0.39, 0.29) is 0 Å². The van der Waals surface area contributed by atoms with Gasteiger partial charge in [-0.15, -0.1) is 0 Å². The van der Waals surface area contributed by atoms with E-state index in [9.17, 15) is 0 Å². The van der Waals surface area contributed by atoms with Crippen LogP contribution in [0.3, 0.4) is 0 Å². The molecule has 1 fully saturated rings. The summed E-state index contributed by atoms with van der Waals surface area (Å²) in [6, 6.07) is 14.1. The van der Waals surface area contributed by atoms with Crippen LogP contribution < -0.4 is 15.7 Å². The molecule has 5 nitrogen and oxygen atoms in total. The third-order valence-electron chi connectivity index (χ3n) is 4.63. The topological polar surface area (TPSA) is 44.3 Å². The molecule has 0 saturated carbocycles. The van der Waals surface area contributed by atoms with Gasteiger partial charge in [-0.2, -0.15) is 0 Å². The van der Waals surface area contributed by atoms with Gasteiger partial charge in [0.15, 0.2) is 0 Å². The predicted molar refractivity (Wildman–Crippen MR) is 104 cm³/mol. The van der Waals surface area contributed by atoms with Gasteiger partial charge in [-0.05, 0) is 31.3 Å². The van der Waals surface area contributed by atoms with Gasteiger partial charge in [0.25, 0.3) is 0 Å². The van der Waals surface area contributed by atoms with Crippen LogP contribution in [0.15, 0.2) is 48.7 Å². The minimum absolute atomic E-state index is 0.553. The van der Waals surface area contributed by atoms with E-state index in [0.717, 1.165) is 42.8 Å². The smallest absolute Gasteiger partial charge is 0.227 e. The molecule has 0 bridgehead atoms. The molecule has 1 saturated heterocycles. The Morgan fingerprint density at radius 1 is 1.00 bits per heavy atom. The summed E-state index contributed by atoms with van der Waals surface area (Å²) in [7, 11) is 8.17. The molecule has 124 valence electrons. The fourth-order valence-corrected chi connectivity index (χ4v) is 3.09. The summed E-state index contributed by atoms with van der Waals surface area (Å²) < 4.78 is 0. The van der Waals surface area contributed by atoms with Crippen molar-refractivity contribution in [1.29, 1.82) is 0 Å². The number of aromatic nitrogens is 2. The number of hydrogen-bond donors (Lipinski definition) is 1. The van der Waals surface area contributed by atoms with Crippen LogP contribution in [0.25, 0.3) is 10.9 Å². The molecule has 0 spiro atoms. The van der Waals surface area contributed by atoms with Gasteiger partial charge < -0.3 is 15.1 Å². The van der Waals surface area contributed by atoms with E-state index in [4.69, 9.17) is 7.85 Å². The van der Waals surface area contributed by atoms with Crippen molar-refractivity contribution in [2.45, 2.75) is 0 Å². The van der Waals surface area contributed by atoms with Gasteiger partial charge in [0.05, 0.1) is 5.52 Å². The highest BCUT2D eigenvalue weighted by Crippen LogP contribution is 2.21. The zero-order valence-electron chi connectivity index (χ0n) is 14.3. The monoisotopic (exact) mass is 329 g/mol. The molecule has 0 atom stereocenters. The Hall–Kier alpha value is -2.60. The molecule has 1 N–H and O–H groups in total. The van der Waals surface area contributed by atoms with Gasteiger partial charge in [0.2, 0.25) is 5.95 Å². The average Bonchev–Trinajstić information content (AvgIpc) is 2.64. The number of nitrogens with one attached hydrogen (secondary N) is 1. The van der Waals surface area contributed by atoms with E-state index in [2.05, 4.69) is 56.4 Å². The molecule has 1 aliphatic rings. The van der Waals surface area contributed by atoms with E-state index in [1.54, 1.807) is 6.20 Å². The first-order valence-electron chi connectivity index (χ1n) is 8.51. The second-order valence-corrected chi connectivity index (χ2v) is 6.44. The molecule has 0 amide bonds. The molecule has 0 unspecified atom stereocenters. The normalized spacial score (nSPS) is 15.5. The Kier molecular flexibility index (Phi) is 4.28. The number of para-hydroxylation sites is 1. The fourth-order valence-electron chi connectivity index (χ4n) is 3.09. The molecular formula is C19H20BN5. The Labute approximate surface area is 149 Å². The van der Waals surface area contributed by atoms with Crippen LogP contribution in [-0.2, 0) is 0 Å². The Bertz CT molecular complexity index is 873. The van der Waals surface area contributed by atoms with Gasteiger partial charge in [-0.1, -0.05) is 23.7 Å². The highest BCUT2D eigenvalue weighted by atomic mass is 15.2. The number of piperazine rings is 1. The van der Waals surface area contributed by atoms with Crippen molar-refractivity contribution in [3.63, 3.8) is 0 Å². The van der Waals surface area contributed by atoms with E-state index in [1.165, 1.54) is 5.69 Å². The van der Waals surface area contributed by atoms with Crippen LogP contribution >= 0.6 is 0 Å². The number of likely N-dealkylation sites (N-methyl/N-ethyl adjacent to an activating group) is 1. The number of benzene rings is 2. The summed E-state index contributed by atoms with van der Waals surface area (Å²) in [4.78, 5) is 13.7. The second-order valence-electron chi connectivity index (χ2n) is 6.44. The first-order chi connectivity index (χ1) is 12.2. The zero-order chi connectivity index (χ0) is 17.2. The zero-order valence-corrected chi connectivity index (χ0v) is 14.3. The Morgan fingerprint density at radius 2 is 1.76 bits per heavy atom. The molecule has 2 heterocycles. The summed E-state index contributed by atoms with van der Waals surface area (Å²) >= 11 is 0. The fraction of sp³-hybridized carbons (Fsp3) is 0.263. The van der Waals surface area contributed by atoms with Gasteiger partial charge in [0.1, 0.15) is 7.85 Å². The van der Waals surface area contributed by atoms with Crippen molar-refractivity contribution in [3.8, 4) is 0 Å². The van der Waals surface area contributed by atoms with Crippen LogP contribution in [0.4, 0.5) is 17.3 Å². The van der Waals surface area contributed by atoms with Gasteiger partial charge in [0, 0.05) is 49.1 Å². The van der Waals surface area contributed by atoms with Crippen LogP contribution in [0.2, 0.25) is 0 Å². The molecule has 3 aromatic rings. The van der Waals surface area contributed by atoms with Gasteiger partial charge >= 0.3 is 0 Å². The maximum absolute atomic E-state index is 6.00. The largest absolute Gasteiger partial charge is 0.369 e. The van der Waals surface area contributed by atoms with Crippen molar-refractivity contribution in [2.24, 2.45) is 0 Å². The van der Waals surface area contributed by atoms with Crippen molar-refractivity contribution in [1.82, 2.24) is 14.9 Å². The van der Waals surface area contributed by atoms with Crippen molar-refractivity contribution in [2.75, 3.05) is 43.4 Å². The van der Waals surface area contributed by atoms with E-state index in [0.29, 0.717) is 11.4 Å². The summed E-state index contributed by atoms with van der Waals surface area (Å²) in [5.41, 5.74) is 3.65. The van der Waals surface area contributed by atoms with Gasteiger partial charge in [-0.3, -0.25) is 0 Å². The minimum Gasteiger partial charge on any atom is -0.369 e. The van der Waals surface area contributed by atoms with E-state index < -0.39 is 0 Å². The molecule has 2 aromatic carbocycles. The van der Waals surface area contributed by atoms with Crippen molar-refractivity contribution >= 4 is 41.5 Å². The first kappa shape index (κ1) is 15.9. The Morgan fingerprint density at radius 3 is 2.52 bits per heavy atom. The standard InChI is InChI=1S/C19H20BN5/c1-24-9-11-25(12-10-24)16-7-5-15(6-8-16)22-19-21-13-14-3-2-4-17(20)18(14)23-19/h2-8,13H,9-12H2,1H3,(H,21,22,23). The van der Waals surface area contributed by atoms with E-state index in [1.807, 2.05) is 18.2 Å². The van der Waals surface area contributed by atoms with Crippen molar-refractivity contribution < 1.29 is 0 Å². The first-order valence-corrected chi connectivity index (χ1v) is 8.51. The second kappa shape index (κ2) is 6.72. The molecule has 2 radical (unpaired) electrons. The lowest BCUT2D eigenvalue weighted by Gasteiger charge is -2.34. The summed E-state index contributed by atoms with van der Waals surface area (Å²) in [6.45, 7) is 4.34. The average molecular weight is 329 g/mol. The molecule has 1 aromatic heterocycles. The molecule has 6 heteroatoms. The third-order valence-corrected chi connectivity index (χ3v) is 4.63. The quantitative estimate of drug-likeness (QED) is 0.744. The van der Waals surface area contributed by atoms with Gasteiger partial charge in [-0.25, -0.2) is 9.97 Å². The number of hydrogen-bond acceptors (Lipinski definition) is 5. The number of nitrogens with zero attached hydrogens (tertiary/aromatic N) is 4. The van der Waals surface area contributed by atoms with Crippen LogP contribution in [0, 0.1) is 0 Å². The molecule has 1 aliphatic heterocycles. The maximum Gasteiger partial charge on any atom is 0.227 e. The van der Waals surface area contributed by atoms with Crippen LogP contribution in [-0.4, -0.2) is 55.9 Å². The van der Waals surface area contributed by atoms with Crippen molar-refractivity contribution in [3.05, 3.63) is 48.7 Å². The number of rotatable bonds is 3. The Balaban J connectivity index is 1.50. The SMILES string of the molecule is [B]c1cccc2cnc(Nc3ccc(N4CCN(C)CC4)cc3)nc12. The molecule has 25 heavy (non-hydrogen) atoms. The summed E-state index contributed by atoms with van der Waals surface area (Å²) in [6.07, 6.45) is 1.79. The summed E-state index contributed by atoms with van der Waals surface area (Å²) in [5.74, 6) is 0.553. The molecular weight excluding hydrogens is 309 g/mol. The minimum atomic E-state index is 0.553.